The van der Waals surface area contributed by atoms with Gasteiger partial charge in [0.1, 0.15) is 12.0 Å². The second-order valence-electron chi connectivity index (χ2n) is 7.40. The van der Waals surface area contributed by atoms with E-state index >= 15 is 0 Å². The number of hydrogen-bond donors (Lipinski definition) is 0. The molecule has 3 heteroatoms. The van der Waals surface area contributed by atoms with Crippen molar-refractivity contribution < 1.29 is 9.53 Å². The minimum absolute atomic E-state index is 0.354. The van der Waals surface area contributed by atoms with Gasteiger partial charge in [-0.05, 0) is 55.9 Å². The average Bonchev–Trinajstić information content (AvgIpc) is 3.51. The molecule has 3 aliphatic rings. The molecule has 0 spiro atoms. The van der Waals surface area contributed by atoms with Crippen molar-refractivity contribution in [2.45, 2.75) is 49.9 Å². The molecule has 0 bridgehead atoms. The maximum Gasteiger partial charge on any atom is 0.150 e. The van der Waals surface area contributed by atoms with Crippen LogP contribution in [0.4, 0.5) is 0 Å². The van der Waals surface area contributed by atoms with Crippen LogP contribution in [0.25, 0.3) is 0 Å². The third-order valence-electron chi connectivity index (χ3n) is 5.49. The van der Waals surface area contributed by atoms with Crippen LogP contribution in [-0.4, -0.2) is 17.9 Å². The Morgan fingerprint density at radius 3 is 2.29 bits per heavy atom. The minimum Gasteiger partial charge on any atom is -0.493 e. The van der Waals surface area contributed by atoms with E-state index in [2.05, 4.69) is 18.2 Å². The molecule has 122 valence electrons. The predicted octanol–water partition coefficient (Wildman–Crippen LogP) is 4.56. The average molecular weight is 319 g/mol. The van der Waals surface area contributed by atoms with E-state index in [9.17, 15) is 4.79 Å². The van der Waals surface area contributed by atoms with Gasteiger partial charge in [-0.3, -0.25) is 9.78 Å². The van der Waals surface area contributed by atoms with Crippen LogP contribution in [0.1, 0.15) is 82.7 Å². The van der Waals surface area contributed by atoms with E-state index in [0.29, 0.717) is 29.9 Å². The normalized spacial score (nSPS) is 22.6. The lowest BCUT2D eigenvalue weighted by molar-refractivity contribution is 0.112. The highest BCUT2D eigenvalue weighted by molar-refractivity contribution is 5.76. The molecule has 24 heavy (non-hydrogen) atoms. The first-order valence-corrected chi connectivity index (χ1v) is 9.05. The highest BCUT2D eigenvalue weighted by Crippen LogP contribution is 2.46. The number of rotatable bonds is 4. The van der Waals surface area contributed by atoms with Crippen LogP contribution in [0.5, 0.6) is 5.75 Å². The highest BCUT2D eigenvalue weighted by Gasteiger charge is 2.32. The van der Waals surface area contributed by atoms with Gasteiger partial charge in [0.15, 0.2) is 0 Å². The fraction of sp³-hybridized carbons (Fsp3) is 0.429. The summed E-state index contributed by atoms with van der Waals surface area (Å²) in [6.45, 7) is 0.708. The van der Waals surface area contributed by atoms with Crippen molar-refractivity contribution >= 4 is 6.29 Å². The van der Waals surface area contributed by atoms with Crippen molar-refractivity contribution in [2.24, 2.45) is 0 Å². The van der Waals surface area contributed by atoms with Crippen molar-refractivity contribution in [1.82, 2.24) is 4.98 Å². The molecule has 1 atom stereocenters. The van der Waals surface area contributed by atoms with Gasteiger partial charge in [0.05, 0.1) is 6.61 Å². The minimum atomic E-state index is 0.354. The van der Waals surface area contributed by atoms with Crippen molar-refractivity contribution in [2.75, 3.05) is 6.61 Å². The van der Waals surface area contributed by atoms with E-state index in [4.69, 9.17) is 9.72 Å². The molecule has 1 aliphatic heterocycles. The summed E-state index contributed by atoms with van der Waals surface area (Å²) in [6.07, 6.45) is 7.02. The van der Waals surface area contributed by atoms with E-state index in [0.717, 1.165) is 18.5 Å². The molecule has 1 aromatic carbocycles. The Bertz CT molecular complexity index is 775. The van der Waals surface area contributed by atoms with E-state index in [1.165, 1.54) is 48.2 Å². The first-order valence-electron chi connectivity index (χ1n) is 9.05. The molecular formula is C21H21NO2. The Kier molecular flexibility index (Phi) is 3.22. The molecule has 1 unspecified atom stereocenters. The van der Waals surface area contributed by atoms with Gasteiger partial charge in [-0.2, -0.15) is 0 Å². The fourth-order valence-electron chi connectivity index (χ4n) is 3.80. The standard InChI is InChI=1S/C21H21NO2/c23-12-13-1-6-18-17(7-8-24-21(18)9-13)16-10-19(14-2-3-14)22-20(11-16)15-4-5-15/h1,6,9-12,14-15,17H,2-5,7-8H2. The molecule has 2 saturated carbocycles. The zero-order chi connectivity index (χ0) is 16.1. The van der Waals surface area contributed by atoms with Gasteiger partial charge in [-0.25, -0.2) is 0 Å². The van der Waals surface area contributed by atoms with Crippen molar-refractivity contribution in [3.8, 4) is 5.75 Å². The first kappa shape index (κ1) is 14.2. The maximum atomic E-state index is 11.0. The van der Waals surface area contributed by atoms with Crippen LogP contribution < -0.4 is 4.74 Å². The number of carbonyl (C=O) groups is 1. The van der Waals surface area contributed by atoms with Crippen LogP contribution in [0.15, 0.2) is 30.3 Å². The molecule has 2 heterocycles. The number of aldehydes is 1. The zero-order valence-electron chi connectivity index (χ0n) is 13.7. The van der Waals surface area contributed by atoms with Crippen molar-refractivity contribution in [3.05, 3.63) is 58.4 Å². The third-order valence-corrected chi connectivity index (χ3v) is 5.49. The summed E-state index contributed by atoms with van der Waals surface area (Å²) in [5.41, 5.74) is 5.87. The van der Waals surface area contributed by atoms with E-state index in [1.54, 1.807) is 0 Å². The molecule has 0 radical (unpaired) electrons. The van der Waals surface area contributed by atoms with Gasteiger partial charge in [0, 0.05) is 40.3 Å². The number of nitrogens with zero attached hydrogens (tertiary/aromatic N) is 1. The Morgan fingerprint density at radius 1 is 0.958 bits per heavy atom. The lowest BCUT2D eigenvalue weighted by atomic mass is 9.85. The predicted molar refractivity (Wildman–Crippen MR) is 92.0 cm³/mol. The second kappa shape index (κ2) is 5.44. The summed E-state index contributed by atoms with van der Waals surface area (Å²) in [5, 5.41) is 0. The van der Waals surface area contributed by atoms with Gasteiger partial charge in [0.2, 0.25) is 0 Å². The highest BCUT2D eigenvalue weighted by atomic mass is 16.5. The maximum absolute atomic E-state index is 11.0. The Morgan fingerprint density at radius 2 is 1.67 bits per heavy atom. The van der Waals surface area contributed by atoms with E-state index < -0.39 is 0 Å². The van der Waals surface area contributed by atoms with Crippen molar-refractivity contribution in [1.29, 1.82) is 0 Å². The smallest absolute Gasteiger partial charge is 0.150 e. The first-order chi connectivity index (χ1) is 11.8. The van der Waals surface area contributed by atoms with Crippen LogP contribution in [-0.2, 0) is 0 Å². The van der Waals surface area contributed by atoms with Gasteiger partial charge >= 0.3 is 0 Å². The Balaban J connectivity index is 1.58. The number of pyridine rings is 1. The number of ether oxygens (including phenoxy) is 1. The molecular weight excluding hydrogens is 298 g/mol. The number of aromatic nitrogens is 1. The third kappa shape index (κ3) is 2.52. The van der Waals surface area contributed by atoms with Gasteiger partial charge < -0.3 is 4.74 Å². The molecule has 2 fully saturated rings. The molecule has 1 aromatic heterocycles. The second-order valence-corrected chi connectivity index (χ2v) is 7.40. The number of hydrogen-bond acceptors (Lipinski definition) is 3. The van der Waals surface area contributed by atoms with E-state index in [1.807, 2.05) is 12.1 Å². The van der Waals surface area contributed by atoms with Crippen LogP contribution in [0.2, 0.25) is 0 Å². The monoisotopic (exact) mass is 319 g/mol. The largest absolute Gasteiger partial charge is 0.493 e. The summed E-state index contributed by atoms with van der Waals surface area (Å²) in [6, 6.07) is 10.5. The molecule has 0 amide bonds. The topological polar surface area (TPSA) is 39.2 Å². The summed E-state index contributed by atoms with van der Waals surface area (Å²) >= 11 is 0. The lowest BCUT2D eigenvalue weighted by Gasteiger charge is -2.27. The molecule has 0 saturated heterocycles. The number of benzene rings is 1. The fourth-order valence-corrected chi connectivity index (χ4v) is 3.80. The summed E-state index contributed by atoms with van der Waals surface area (Å²) in [4.78, 5) is 16.0. The van der Waals surface area contributed by atoms with Gasteiger partial charge in [0.25, 0.3) is 0 Å². The van der Waals surface area contributed by atoms with E-state index in [-0.39, 0.29) is 0 Å². The molecule has 0 N–H and O–H groups in total. The molecule has 2 aliphatic carbocycles. The molecule has 3 nitrogen and oxygen atoms in total. The summed E-state index contributed by atoms with van der Waals surface area (Å²) in [5.74, 6) is 2.58. The zero-order valence-corrected chi connectivity index (χ0v) is 13.7. The lowest BCUT2D eigenvalue weighted by Crippen LogP contribution is -2.16. The van der Waals surface area contributed by atoms with Gasteiger partial charge in [-0.1, -0.05) is 12.1 Å². The number of fused-ring (bicyclic) bond motifs is 1. The van der Waals surface area contributed by atoms with Crippen LogP contribution in [0, 0.1) is 0 Å². The SMILES string of the molecule is O=Cc1ccc2c(c1)OCCC2c1cc(C2CC2)nc(C2CC2)c1. The molecule has 2 aromatic rings. The summed E-state index contributed by atoms with van der Waals surface area (Å²) < 4.78 is 5.82. The Hall–Kier alpha value is -2.16. The molecule has 5 rings (SSSR count). The Labute approximate surface area is 142 Å². The summed E-state index contributed by atoms with van der Waals surface area (Å²) in [7, 11) is 0. The van der Waals surface area contributed by atoms with Crippen LogP contribution >= 0.6 is 0 Å². The quantitative estimate of drug-likeness (QED) is 0.775. The van der Waals surface area contributed by atoms with Gasteiger partial charge in [-0.15, -0.1) is 0 Å². The van der Waals surface area contributed by atoms with Crippen LogP contribution in [0.3, 0.4) is 0 Å². The number of carbonyl (C=O) groups excluding carboxylic acids is 1. The van der Waals surface area contributed by atoms with Crippen molar-refractivity contribution in [3.63, 3.8) is 0 Å².